The number of nitrogens with zero attached hydrogens (tertiary/aromatic N) is 3. The second-order valence-corrected chi connectivity index (χ2v) is 6.20. The number of sulfonamides is 1. The number of hydrogen-bond donors (Lipinski definition) is 0. The molecule has 1 atom stereocenters. The van der Waals surface area contributed by atoms with Gasteiger partial charge in [0.1, 0.15) is 22.9 Å². The second kappa shape index (κ2) is 5.47. The number of aldehydes is 1. The van der Waals surface area contributed by atoms with Crippen LogP contribution in [0.5, 0.6) is 0 Å². The zero-order valence-corrected chi connectivity index (χ0v) is 11.0. The molecule has 0 amide bonds. The maximum absolute atomic E-state index is 12.4. The highest BCUT2D eigenvalue weighted by Gasteiger charge is 2.33. The standard InChI is InChI=1S/C12H13N3O3S/c13-7-10-4-5-12(8-14-10)19(17,18)15-6-2-1-3-11(15)9-16/h4-5,8-9,11H,1-3,6H2. The molecule has 1 aliphatic rings. The summed E-state index contributed by atoms with van der Waals surface area (Å²) in [5.41, 5.74) is 0.157. The van der Waals surface area contributed by atoms with Crippen LogP contribution in [-0.4, -0.2) is 36.6 Å². The highest BCUT2D eigenvalue weighted by atomic mass is 32.2. The summed E-state index contributed by atoms with van der Waals surface area (Å²) < 4.78 is 26.0. The summed E-state index contributed by atoms with van der Waals surface area (Å²) in [6.45, 7) is 0.339. The second-order valence-electron chi connectivity index (χ2n) is 4.31. The van der Waals surface area contributed by atoms with Gasteiger partial charge in [-0.3, -0.25) is 0 Å². The number of rotatable bonds is 3. The van der Waals surface area contributed by atoms with E-state index in [4.69, 9.17) is 5.26 Å². The Bertz CT molecular complexity index is 604. The van der Waals surface area contributed by atoms with E-state index in [0.717, 1.165) is 19.0 Å². The van der Waals surface area contributed by atoms with Gasteiger partial charge >= 0.3 is 0 Å². The fourth-order valence-electron chi connectivity index (χ4n) is 2.10. The molecule has 1 fully saturated rings. The predicted molar refractivity (Wildman–Crippen MR) is 66.5 cm³/mol. The van der Waals surface area contributed by atoms with Gasteiger partial charge in [0, 0.05) is 12.7 Å². The Morgan fingerprint density at radius 2 is 2.21 bits per heavy atom. The van der Waals surface area contributed by atoms with Gasteiger partial charge in [0.15, 0.2) is 0 Å². The van der Waals surface area contributed by atoms with Crippen LogP contribution in [0.3, 0.4) is 0 Å². The van der Waals surface area contributed by atoms with E-state index in [9.17, 15) is 13.2 Å². The summed E-state index contributed by atoms with van der Waals surface area (Å²) >= 11 is 0. The van der Waals surface area contributed by atoms with E-state index < -0.39 is 16.1 Å². The molecule has 0 bridgehead atoms. The van der Waals surface area contributed by atoms with Gasteiger partial charge in [0.25, 0.3) is 0 Å². The van der Waals surface area contributed by atoms with E-state index in [-0.39, 0.29) is 10.6 Å². The Morgan fingerprint density at radius 1 is 1.42 bits per heavy atom. The third-order valence-electron chi connectivity index (χ3n) is 3.11. The van der Waals surface area contributed by atoms with Crippen molar-refractivity contribution in [3.8, 4) is 6.07 Å². The topological polar surface area (TPSA) is 91.1 Å². The van der Waals surface area contributed by atoms with Crippen LogP contribution in [0.15, 0.2) is 23.2 Å². The minimum Gasteiger partial charge on any atom is -0.302 e. The minimum atomic E-state index is -3.72. The number of carbonyl (C=O) groups excluding carboxylic acids is 1. The van der Waals surface area contributed by atoms with Crippen molar-refractivity contribution in [1.29, 1.82) is 5.26 Å². The predicted octanol–water partition coefficient (Wildman–Crippen LogP) is 0.695. The molecule has 6 nitrogen and oxygen atoms in total. The minimum absolute atomic E-state index is 0.0141. The fraction of sp³-hybridized carbons (Fsp3) is 0.417. The van der Waals surface area contributed by atoms with Crippen LogP contribution in [0.1, 0.15) is 25.0 Å². The van der Waals surface area contributed by atoms with Gasteiger partial charge in [0.05, 0.1) is 6.04 Å². The Balaban J connectivity index is 2.35. The lowest BCUT2D eigenvalue weighted by Crippen LogP contribution is -2.44. The summed E-state index contributed by atoms with van der Waals surface area (Å²) in [6.07, 6.45) is 3.97. The van der Waals surface area contributed by atoms with Gasteiger partial charge in [-0.2, -0.15) is 9.57 Å². The monoisotopic (exact) mass is 279 g/mol. The van der Waals surface area contributed by atoms with Gasteiger partial charge in [-0.1, -0.05) is 6.42 Å². The maximum Gasteiger partial charge on any atom is 0.245 e. The summed E-state index contributed by atoms with van der Waals surface area (Å²) in [7, 11) is -3.72. The first kappa shape index (κ1) is 13.6. The lowest BCUT2D eigenvalue weighted by atomic mass is 10.1. The molecule has 1 aromatic rings. The maximum atomic E-state index is 12.4. The van der Waals surface area contributed by atoms with Crippen LogP contribution in [0.4, 0.5) is 0 Å². The first-order chi connectivity index (χ1) is 9.09. The van der Waals surface area contributed by atoms with Crippen molar-refractivity contribution in [2.75, 3.05) is 6.54 Å². The zero-order chi connectivity index (χ0) is 13.9. The van der Waals surface area contributed by atoms with Crippen LogP contribution in [0.25, 0.3) is 0 Å². The molecule has 19 heavy (non-hydrogen) atoms. The average molecular weight is 279 g/mol. The van der Waals surface area contributed by atoms with Gasteiger partial charge < -0.3 is 4.79 Å². The molecule has 0 N–H and O–H groups in total. The molecule has 7 heteroatoms. The van der Waals surface area contributed by atoms with Crippen LogP contribution in [0, 0.1) is 11.3 Å². The van der Waals surface area contributed by atoms with Crippen LogP contribution < -0.4 is 0 Å². The van der Waals surface area contributed by atoms with E-state index in [0.29, 0.717) is 19.3 Å². The van der Waals surface area contributed by atoms with Crippen LogP contribution in [-0.2, 0) is 14.8 Å². The third-order valence-corrected chi connectivity index (χ3v) is 5.02. The molecular weight excluding hydrogens is 266 g/mol. The van der Waals surface area contributed by atoms with Crippen LogP contribution >= 0.6 is 0 Å². The van der Waals surface area contributed by atoms with Crippen molar-refractivity contribution in [3.63, 3.8) is 0 Å². The number of hydrogen-bond acceptors (Lipinski definition) is 5. The molecule has 1 unspecified atom stereocenters. The summed E-state index contributed by atoms with van der Waals surface area (Å²) in [6, 6.07) is 3.93. The first-order valence-corrected chi connectivity index (χ1v) is 7.37. The van der Waals surface area contributed by atoms with E-state index in [1.54, 1.807) is 0 Å². The number of aromatic nitrogens is 1. The number of nitriles is 1. The SMILES string of the molecule is N#Cc1ccc(S(=O)(=O)N2CCCCC2C=O)cn1. The lowest BCUT2D eigenvalue weighted by Gasteiger charge is -2.31. The fourth-order valence-corrected chi connectivity index (χ4v) is 3.68. The van der Waals surface area contributed by atoms with E-state index in [1.165, 1.54) is 16.4 Å². The Labute approximate surface area is 111 Å². The Kier molecular flexibility index (Phi) is 3.93. The number of piperidine rings is 1. The van der Waals surface area contributed by atoms with E-state index in [2.05, 4.69) is 4.98 Å². The van der Waals surface area contributed by atoms with Crippen LogP contribution in [0.2, 0.25) is 0 Å². The summed E-state index contributed by atoms with van der Waals surface area (Å²) in [5.74, 6) is 0. The summed E-state index contributed by atoms with van der Waals surface area (Å²) in [4.78, 5) is 14.8. The van der Waals surface area contributed by atoms with Crippen molar-refractivity contribution < 1.29 is 13.2 Å². The van der Waals surface area contributed by atoms with Gasteiger partial charge in [-0.15, -0.1) is 0 Å². The molecular formula is C12H13N3O3S. The van der Waals surface area contributed by atoms with E-state index in [1.807, 2.05) is 6.07 Å². The van der Waals surface area contributed by atoms with Crippen molar-refractivity contribution >= 4 is 16.3 Å². The first-order valence-electron chi connectivity index (χ1n) is 5.93. The van der Waals surface area contributed by atoms with Crippen molar-refractivity contribution in [2.45, 2.75) is 30.2 Å². The smallest absolute Gasteiger partial charge is 0.245 e. The summed E-state index contributed by atoms with van der Waals surface area (Å²) in [5, 5.41) is 8.64. The molecule has 1 saturated heterocycles. The molecule has 1 aliphatic heterocycles. The van der Waals surface area contributed by atoms with Crippen molar-refractivity contribution in [3.05, 3.63) is 24.0 Å². The Morgan fingerprint density at radius 3 is 2.79 bits per heavy atom. The molecule has 0 saturated carbocycles. The number of carbonyl (C=O) groups is 1. The third kappa shape index (κ3) is 2.64. The van der Waals surface area contributed by atoms with Crippen molar-refractivity contribution in [2.24, 2.45) is 0 Å². The molecule has 2 heterocycles. The highest BCUT2D eigenvalue weighted by molar-refractivity contribution is 7.89. The lowest BCUT2D eigenvalue weighted by molar-refractivity contribution is -0.111. The van der Waals surface area contributed by atoms with Crippen molar-refractivity contribution in [1.82, 2.24) is 9.29 Å². The molecule has 2 rings (SSSR count). The molecule has 0 aliphatic carbocycles. The van der Waals surface area contributed by atoms with E-state index >= 15 is 0 Å². The largest absolute Gasteiger partial charge is 0.302 e. The average Bonchev–Trinajstić information content (AvgIpc) is 2.47. The Hall–Kier alpha value is -1.78. The van der Waals surface area contributed by atoms with Gasteiger partial charge in [-0.05, 0) is 25.0 Å². The molecule has 1 aromatic heterocycles. The molecule has 0 aromatic carbocycles. The van der Waals surface area contributed by atoms with Gasteiger partial charge in [0.2, 0.25) is 10.0 Å². The molecule has 0 spiro atoms. The quantitative estimate of drug-likeness (QED) is 0.759. The normalized spacial score (nSPS) is 20.7. The molecule has 100 valence electrons. The zero-order valence-electron chi connectivity index (χ0n) is 10.2. The molecule has 0 radical (unpaired) electrons. The van der Waals surface area contributed by atoms with Gasteiger partial charge in [-0.25, -0.2) is 13.4 Å². The number of pyridine rings is 1. The highest BCUT2D eigenvalue weighted by Crippen LogP contribution is 2.24.